The van der Waals surface area contributed by atoms with Gasteiger partial charge in [0.2, 0.25) is 0 Å². The van der Waals surface area contributed by atoms with E-state index < -0.39 is 10.4 Å². The Balaban J connectivity index is 2.45. The maximum absolute atomic E-state index is 10.2. The minimum atomic E-state index is -4.38. The molecule has 17 heavy (non-hydrogen) atoms. The molecule has 1 aromatic rings. The third kappa shape index (κ3) is 4.89. The van der Waals surface area contributed by atoms with Gasteiger partial charge in [-0.1, -0.05) is 0 Å². The molecule has 0 unspecified atom stereocenters. The van der Waals surface area contributed by atoms with E-state index in [4.69, 9.17) is 15.0 Å². The van der Waals surface area contributed by atoms with Crippen molar-refractivity contribution in [3.05, 3.63) is 18.2 Å². The first kappa shape index (κ1) is 13.6. The van der Waals surface area contributed by atoms with Crippen LogP contribution in [-0.4, -0.2) is 33.2 Å². The lowest BCUT2D eigenvalue weighted by molar-refractivity contribution is 0.278. The summed E-state index contributed by atoms with van der Waals surface area (Å²) < 4.78 is 37.9. The third-order valence-electron chi connectivity index (χ3n) is 1.89. The van der Waals surface area contributed by atoms with Crippen molar-refractivity contribution in [1.82, 2.24) is 0 Å². The minimum absolute atomic E-state index is 0.176. The van der Waals surface area contributed by atoms with Crippen molar-refractivity contribution < 1.29 is 21.9 Å². The summed E-state index contributed by atoms with van der Waals surface area (Å²) in [4.78, 5) is 0. The number of ether oxygens (including phenoxy) is 1. The largest absolute Gasteiger partial charge is 0.495 e. The summed E-state index contributed by atoms with van der Waals surface area (Å²) in [6, 6.07) is 5.05. The van der Waals surface area contributed by atoms with E-state index in [1.165, 1.54) is 7.11 Å². The highest BCUT2D eigenvalue weighted by molar-refractivity contribution is 7.80. The Morgan fingerprint density at radius 2 is 2.18 bits per heavy atom. The molecule has 0 aliphatic carbocycles. The van der Waals surface area contributed by atoms with Crippen molar-refractivity contribution in [3.8, 4) is 5.75 Å². The van der Waals surface area contributed by atoms with E-state index in [9.17, 15) is 8.42 Å². The average Bonchev–Trinajstić information content (AvgIpc) is 2.23. The first-order valence-corrected chi connectivity index (χ1v) is 6.08. The molecule has 0 saturated carbocycles. The molecular weight excluding hydrogens is 248 g/mol. The average molecular weight is 262 g/mol. The first-order chi connectivity index (χ1) is 7.92. The second-order valence-corrected chi connectivity index (χ2v) is 4.22. The highest BCUT2D eigenvalue weighted by Crippen LogP contribution is 2.24. The third-order valence-corrected chi connectivity index (χ3v) is 2.36. The highest BCUT2D eigenvalue weighted by Gasteiger charge is 2.04. The fraction of sp³-hybridized carbons (Fsp3) is 0.333. The lowest BCUT2D eigenvalue weighted by atomic mass is 10.2. The molecule has 7 nitrogen and oxygen atoms in total. The zero-order chi connectivity index (χ0) is 12.9. The SMILES string of the molecule is COc1ccc(NCCOS(=O)(=O)O)cc1N. The van der Waals surface area contributed by atoms with Gasteiger partial charge in [0.15, 0.2) is 0 Å². The van der Waals surface area contributed by atoms with Crippen LogP contribution >= 0.6 is 0 Å². The number of anilines is 2. The van der Waals surface area contributed by atoms with Gasteiger partial charge in [0.05, 0.1) is 19.4 Å². The number of rotatable bonds is 6. The van der Waals surface area contributed by atoms with Gasteiger partial charge in [0.25, 0.3) is 0 Å². The summed E-state index contributed by atoms with van der Waals surface area (Å²) in [7, 11) is -2.87. The van der Waals surface area contributed by atoms with Gasteiger partial charge in [0.1, 0.15) is 5.75 Å². The number of hydrogen-bond donors (Lipinski definition) is 3. The van der Waals surface area contributed by atoms with Gasteiger partial charge < -0.3 is 15.8 Å². The molecule has 4 N–H and O–H groups in total. The Morgan fingerprint density at radius 3 is 2.71 bits per heavy atom. The predicted octanol–water partition coefficient (Wildman–Crippen LogP) is 0.509. The second-order valence-electron chi connectivity index (χ2n) is 3.13. The van der Waals surface area contributed by atoms with Crippen molar-refractivity contribution >= 4 is 21.8 Å². The van der Waals surface area contributed by atoms with Gasteiger partial charge in [-0.3, -0.25) is 4.55 Å². The Morgan fingerprint density at radius 1 is 1.47 bits per heavy atom. The lowest BCUT2D eigenvalue weighted by Crippen LogP contribution is -2.13. The number of nitrogen functional groups attached to an aromatic ring is 1. The zero-order valence-corrected chi connectivity index (χ0v) is 10.0. The van der Waals surface area contributed by atoms with Crippen molar-refractivity contribution in [2.45, 2.75) is 0 Å². The summed E-state index contributed by atoms with van der Waals surface area (Å²) in [5.74, 6) is 0.560. The van der Waals surface area contributed by atoms with Crippen LogP contribution in [0.25, 0.3) is 0 Å². The van der Waals surface area contributed by atoms with Gasteiger partial charge in [-0.2, -0.15) is 8.42 Å². The predicted molar refractivity (Wildman–Crippen MR) is 63.4 cm³/mol. The van der Waals surface area contributed by atoms with Crippen LogP contribution in [0.15, 0.2) is 18.2 Å². The first-order valence-electron chi connectivity index (χ1n) is 4.71. The normalized spacial score (nSPS) is 11.2. The van der Waals surface area contributed by atoms with Gasteiger partial charge in [-0.25, -0.2) is 4.18 Å². The summed E-state index contributed by atoms with van der Waals surface area (Å²) in [5.41, 5.74) is 6.84. The van der Waals surface area contributed by atoms with E-state index in [1.54, 1.807) is 18.2 Å². The molecule has 0 heterocycles. The van der Waals surface area contributed by atoms with Crippen molar-refractivity contribution in [1.29, 1.82) is 0 Å². The molecular formula is C9H14N2O5S. The van der Waals surface area contributed by atoms with E-state index in [0.717, 1.165) is 0 Å². The molecule has 0 aliphatic heterocycles. The Labute approximate surface area is 99.5 Å². The molecule has 0 bridgehead atoms. The summed E-state index contributed by atoms with van der Waals surface area (Å²) in [6.07, 6.45) is 0. The molecule has 0 fully saturated rings. The molecule has 0 spiro atoms. The molecule has 0 amide bonds. The van der Waals surface area contributed by atoms with Crippen LogP contribution in [-0.2, 0) is 14.6 Å². The summed E-state index contributed by atoms with van der Waals surface area (Å²) in [5, 5.41) is 2.87. The minimum Gasteiger partial charge on any atom is -0.495 e. The van der Waals surface area contributed by atoms with Crippen LogP contribution in [0.5, 0.6) is 5.75 Å². The Kier molecular flexibility index (Phi) is 4.55. The van der Waals surface area contributed by atoms with Crippen molar-refractivity contribution in [2.24, 2.45) is 0 Å². The van der Waals surface area contributed by atoms with Crippen molar-refractivity contribution in [2.75, 3.05) is 31.3 Å². The number of methoxy groups -OCH3 is 1. The number of nitrogens with one attached hydrogen (secondary N) is 1. The van der Waals surface area contributed by atoms with Crippen LogP contribution in [0.4, 0.5) is 11.4 Å². The van der Waals surface area contributed by atoms with Crippen LogP contribution in [0.1, 0.15) is 0 Å². The maximum atomic E-state index is 10.2. The van der Waals surface area contributed by atoms with Gasteiger partial charge in [0, 0.05) is 12.2 Å². The topological polar surface area (TPSA) is 111 Å². The maximum Gasteiger partial charge on any atom is 0.397 e. The van der Waals surface area contributed by atoms with E-state index in [0.29, 0.717) is 17.1 Å². The molecule has 0 atom stereocenters. The van der Waals surface area contributed by atoms with E-state index in [2.05, 4.69) is 9.50 Å². The molecule has 1 aromatic carbocycles. The summed E-state index contributed by atoms with van der Waals surface area (Å²) in [6.45, 7) is 0.0380. The fourth-order valence-electron chi connectivity index (χ4n) is 1.19. The molecule has 8 heteroatoms. The smallest absolute Gasteiger partial charge is 0.397 e. The van der Waals surface area contributed by atoms with E-state index in [1.807, 2.05) is 0 Å². The van der Waals surface area contributed by atoms with Crippen molar-refractivity contribution in [3.63, 3.8) is 0 Å². The number of nitrogens with two attached hydrogens (primary N) is 1. The van der Waals surface area contributed by atoms with Crippen LogP contribution in [0.3, 0.4) is 0 Å². The number of benzene rings is 1. The lowest BCUT2D eigenvalue weighted by Gasteiger charge is -2.09. The van der Waals surface area contributed by atoms with Crippen LogP contribution in [0, 0.1) is 0 Å². The van der Waals surface area contributed by atoms with E-state index in [-0.39, 0.29) is 13.2 Å². The fourth-order valence-corrected chi connectivity index (χ4v) is 1.48. The summed E-state index contributed by atoms with van der Waals surface area (Å²) >= 11 is 0. The van der Waals surface area contributed by atoms with Crippen LogP contribution < -0.4 is 15.8 Å². The molecule has 0 radical (unpaired) electrons. The Hall–Kier alpha value is -1.51. The zero-order valence-electron chi connectivity index (χ0n) is 9.21. The second kappa shape index (κ2) is 5.71. The van der Waals surface area contributed by atoms with Gasteiger partial charge >= 0.3 is 10.4 Å². The molecule has 96 valence electrons. The quantitative estimate of drug-likeness (QED) is 0.389. The Bertz CT molecular complexity index is 474. The van der Waals surface area contributed by atoms with Gasteiger partial charge in [-0.05, 0) is 18.2 Å². The monoisotopic (exact) mass is 262 g/mol. The van der Waals surface area contributed by atoms with E-state index >= 15 is 0 Å². The standard InChI is InChI=1S/C9H14N2O5S/c1-15-9-3-2-7(6-8(9)10)11-4-5-16-17(12,13)14/h2-3,6,11H,4-5,10H2,1H3,(H,12,13,14). The molecule has 0 aliphatic rings. The molecule has 0 saturated heterocycles. The molecule has 1 rings (SSSR count). The number of hydrogen-bond acceptors (Lipinski definition) is 6. The van der Waals surface area contributed by atoms with Gasteiger partial charge in [-0.15, -0.1) is 0 Å². The van der Waals surface area contributed by atoms with Crippen LogP contribution in [0.2, 0.25) is 0 Å². The highest BCUT2D eigenvalue weighted by atomic mass is 32.3. The molecule has 0 aromatic heterocycles.